The van der Waals surface area contributed by atoms with Crippen molar-refractivity contribution < 1.29 is 27.1 Å². The molecule has 0 unspecified atom stereocenters. The van der Waals surface area contributed by atoms with Crippen molar-refractivity contribution in [3.8, 4) is 0 Å². The van der Waals surface area contributed by atoms with Gasteiger partial charge in [-0.25, -0.2) is 8.78 Å². The molecule has 0 atom stereocenters. The van der Waals surface area contributed by atoms with Crippen LogP contribution in [-0.4, -0.2) is 17.6 Å². The number of alkyl halides is 5. The number of rotatable bonds is 3. The van der Waals surface area contributed by atoms with Crippen molar-refractivity contribution >= 4 is 0 Å². The van der Waals surface area contributed by atoms with E-state index in [1.165, 1.54) is 0 Å². The first kappa shape index (κ1) is 12.9. The van der Waals surface area contributed by atoms with Gasteiger partial charge in [0.05, 0.1) is 5.56 Å². The third-order valence-electron chi connectivity index (χ3n) is 1.98. The molecule has 0 saturated carbocycles. The van der Waals surface area contributed by atoms with Crippen LogP contribution in [0.3, 0.4) is 0 Å². The van der Waals surface area contributed by atoms with E-state index in [0.717, 1.165) is 24.3 Å². The second-order valence-corrected chi connectivity index (χ2v) is 3.39. The summed E-state index contributed by atoms with van der Waals surface area (Å²) in [5.41, 5.74) is -0.837. The summed E-state index contributed by atoms with van der Waals surface area (Å²) in [6.07, 6.45) is -5.25. The zero-order valence-corrected chi connectivity index (χ0v) is 8.06. The Balaban J connectivity index is 2.80. The van der Waals surface area contributed by atoms with Crippen LogP contribution in [0.2, 0.25) is 0 Å². The summed E-state index contributed by atoms with van der Waals surface area (Å²) in [6.45, 7) is -1.33. The largest absolute Gasteiger partial charge is 0.416 e. The van der Waals surface area contributed by atoms with Crippen LogP contribution in [0.15, 0.2) is 24.3 Å². The quantitative estimate of drug-likeness (QED) is 0.805. The van der Waals surface area contributed by atoms with E-state index in [9.17, 15) is 22.0 Å². The number of hydrogen-bond donors (Lipinski definition) is 1. The molecule has 1 aromatic rings. The lowest BCUT2D eigenvalue weighted by Crippen LogP contribution is -2.24. The standard InChI is InChI=1S/C10H9F5O/c11-9(12,6-16)5-7-1-3-8(4-2-7)10(13,14)15/h1-4,16H,5-6H2. The van der Waals surface area contributed by atoms with Gasteiger partial charge in [0.2, 0.25) is 0 Å². The van der Waals surface area contributed by atoms with Gasteiger partial charge in [-0.3, -0.25) is 0 Å². The molecular formula is C10H9F5O. The van der Waals surface area contributed by atoms with Crippen LogP contribution in [0.1, 0.15) is 11.1 Å². The maximum absolute atomic E-state index is 12.7. The fraction of sp³-hybridized carbons (Fsp3) is 0.400. The topological polar surface area (TPSA) is 20.2 Å². The monoisotopic (exact) mass is 240 g/mol. The van der Waals surface area contributed by atoms with Gasteiger partial charge in [-0.05, 0) is 17.7 Å². The molecular weight excluding hydrogens is 231 g/mol. The summed E-state index contributed by atoms with van der Waals surface area (Å²) in [4.78, 5) is 0. The smallest absolute Gasteiger partial charge is 0.390 e. The predicted molar refractivity (Wildman–Crippen MR) is 47.2 cm³/mol. The van der Waals surface area contributed by atoms with Crippen molar-refractivity contribution in [3.63, 3.8) is 0 Å². The molecule has 1 aromatic carbocycles. The molecule has 1 N–H and O–H groups in total. The van der Waals surface area contributed by atoms with E-state index in [0.29, 0.717) is 0 Å². The molecule has 0 aliphatic heterocycles. The Kier molecular flexibility index (Phi) is 3.52. The number of aliphatic hydroxyl groups excluding tert-OH is 1. The lowest BCUT2D eigenvalue weighted by molar-refractivity contribution is -0.137. The Morgan fingerprint density at radius 3 is 1.81 bits per heavy atom. The summed E-state index contributed by atoms with van der Waals surface area (Å²) in [5, 5.41) is 8.31. The molecule has 1 rings (SSSR count). The van der Waals surface area contributed by atoms with Crippen LogP contribution < -0.4 is 0 Å². The van der Waals surface area contributed by atoms with E-state index in [1.54, 1.807) is 0 Å². The zero-order chi connectivity index (χ0) is 12.4. The molecule has 0 bridgehead atoms. The average molecular weight is 240 g/mol. The van der Waals surface area contributed by atoms with Crippen LogP contribution in [0.25, 0.3) is 0 Å². The fourth-order valence-corrected chi connectivity index (χ4v) is 1.17. The zero-order valence-electron chi connectivity index (χ0n) is 8.06. The summed E-state index contributed by atoms with van der Waals surface area (Å²) < 4.78 is 61.8. The highest BCUT2D eigenvalue weighted by Crippen LogP contribution is 2.29. The van der Waals surface area contributed by atoms with Gasteiger partial charge in [-0.1, -0.05) is 12.1 Å². The second kappa shape index (κ2) is 4.37. The van der Waals surface area contributed by atoms with E-state index in [-0.39, 0.29) is 5.56 Å². The molecule has 0 saturated heterocycles. The molecule has 90 valence electrons. The molecule has 0 aliphatic rings. The molecule has 1 nitrogen and oxygen atoms in total. The van der Waals surface area contributed by atoms with Gasteiger partial charge in [-0.2, -0.15) is 13.2 Å². The summed E-state index contributed by atoms with van der Waals surface area (Å²) in [5.74, 6) is -3.31. The minimum absolute atomic E-state index is 0.0482. The molecule has 0 aliphatic carbocycles. The second-order valence-electron chi connectivity index (χ2n) is 3.39. The van der Waals surface area contributed by atoms with Crippen LogP contribution in [-0.2, 0) is 12.6 Å². The van der Waals surface area contributed by atoms with Gasteiger partial charge in [0, 0.05) is 6.42 Å². The molecule has 0 fully saturated rings. The minimum Gasteiger partial charge on any atom is -0.390 e. The molecule has 0 radical (unpaired) electrons. The van der Waals surface area contributed by atoms with Crippen LogP contribution >= 0.6 is 0 Å². The van der Waals surface area contributed by atoms with Gasteiger partial charge in [0.15, 0.2) is 0 Å². The molecule has 0 aromatic heterocycles. The molecule has 0 amide bonds. The molecule has 16 heavy (non-hydrogen) atoms. The summed E-state index contributed by atoms with van der Waals surface area (Å²) >= 11 is 0. The highest BCUT2D eigenvalue weighted by molar-refractivity contribution is 5.25. The third kappa shape index (κ3) is 3.44. The number of aliphatic hydroxyl groups is 1. The van der Waals surface area contributed by atoms with Gasteiger partial charge in [0.25, 0.3) is 5.92 Å². The van der Waals surface area contributed by atoms with E-state index in [4.69, 9.17) is 5.11 Å². The number of hydrogen-bond acceptors (Lipinski definition) is 1. The van der Waals surface area contributed by atoms with E-state index in [2.05, 4.69) is 0 Å². The van der Waals surface area contributed by atoms with Crippen molar-refractivity contribution in [3.05, 3.63) is 35.4 Å². The predicted octanol–water partition coefficient (Wildman–Crippen LogP) is 2.88. The van der Waals surface area contributed by atoms with Crippen molar-refractivity contribution in [1.29, 1.82) is 0 Å². The maximum atomic E-state index is 12.7. The molecule has 0 spiro atoms. The Morgan fingerprint density at radius 1 is 0.938 bits per heavy atom. The van der Waals surface area contributed by atoms with Crippen molar-refractivity contribution in [2.75, 3.05) is 6.61 Å². The number of benzene rings is 1. The van der Waals surface area contributed by atoms with E-state index in [1.807, 2.05) is 0 Å². The average Bonchev–Trinajstić information content (AvgIpc) is 2.16. The van der Waals surface area contributed by atoms with Gasteiger partial charge in [0.1, 0.15) is 6.61 Å². The Hall–Kier alpha value is -1.17. The highest BCUT2D eigenvalue weighted by atomic mass is 19.4. The third-order valence-corrected chi connectivity index (χ3v) is 1.98. The summed E-state index contributed by atoms with van der Waals surface area (Å²) in [7, 11) is 0. The SMILES string of the molecule is OCC(F)(F)Cc1ccc(C(F)(F)F)cc1. The molecule has 6 heteroatoms. The molecule has 0 heterocycles. The first-order valence-electron chi connectivity index (χ1n) is 4.39. The van der Waals surface area contributed by atoms with Crippen LogP contribution in [0, 0.1) is 0 Å². The first-order valence-corrected chi connectivity index (χ1v) is 4.39. The van der Waals surface area contributed by atoms with Crippen LogP contribution in [0.5, 0.6) is 0 Å². The lowest BCUT2D eigenvalue weighted by Gasteiger charge is -2.13. The number of halogens is 5. The lowest BCUT2D eigenvalue weighted by atomic mass is 10.1. The van der Waals surface area contributed by atoms with Crippen LogP contribution in [0.4, 0.5) is 22.0 Å². The Labute approximate surface area is 88.5 Å². The van der Waals surface area contributed by atoms with Gasteiger partial charge in [-0.15, -0.1) is 0 Å². The minimum atomic E-state index is -4.47. The van der Waals surface area contributed by atoms with Gasteiger partial charge < -0.3 is 5.11 Å². The van der Waals surface area contributed by atoms with E-state index >= 15 is 0 Å². The summed E-state index contributed by atoms with van der Waals surface area (Å²) in [6, 6.07) is 3.43. The fourth-order valence-electron chi connectivity index (χ4n) is 1.17. The van der Waals surface area contributed by atoms with Gasteiger partial charge >= 0.3 is 6.18 Å². The normalized spacial score (nSPS) is 12.9. The van der Waals surface area contributed by atoms with Crippen molar-refractivity contribution in [2.24, 2.45) is 0 Å². The van der Waals surface area contributed by atoms with Crippen molar-refractivity contribution in [1.82, 2.24) is 0 Å². The highest BCUT2D eigenvalue weighted by Gasteiger charge is 2.31. The van der Waals surface area contributed by atoms with Crippen molar-refractivity contribution in [2.45, 2.75) is 18.5 Å². The Bertz CT molecular complexity index is 341. The maximum Gasteiger partial charge on any atom is 0.416 e. The Morgan fingerprint density at radius 2 is 1.44 bits per heavy atom. The first-order chi connectivity index (χ1) is 7.24. The van der Waals surface area contributed by atoms with E-state index < -0.39 is 30.7 Å².